The summed E-state index contributed by atoms with van der Waals surface area (Å²) in [7, 11) is 0. The monoisotopic (exact) mass is 420 g/mol. The summed E-state index contributed by atoms with van der Waals surface area (Å²) >= 11 is 0. The molecular weight excluding hydrogens is 376 g/mol. The quantitative estimate of drug-likeness (QED) is 0.203. The third-order valence-corrected chi connectivity index (χ3v) is 4.83. The van der Waals surface area contributed by atoms with E-state index in [1.807, 2.05) is 13.8 Å². The minimum atomic E-state index is -0.444. The van der Waals surface area contributed by atoms with E-state index in [-0.39, 0.29) is 0 Å². The first-order chi connectivity index (χ1) is 14.7. The standard InChI is InChI=1S/C24H38O4.C2H6/c1-3-5-7-9-11-15-19-27-23(25)21-17-13-14-18-22(21)24(26)28-20-16-12-10-8-6-4-2;1-2/h13-14,17-18H,3-12,15-16,19-20H2,1-2H3;1-2H3. The molecule has 0 aromatic heterocycles. The first-order valence-electron chi connectivity index (χ1n) is 12.1. The molecule has 0 aliphatic rings. The summed E-state index contributed by atoms with van der Waals surface area (Å²) in [5.74, 6) is -0.888. The molecule has 0 unspecified atom stereocenters. The second kappa shape index (κ2) is 20.4. The third kappa shape index (κ3) is 13.4. The molecule has 172 valence electrons. The van der Waals surface area contributed by atoms with Crippen molar-refractivity contribution in [3.05, 3.63) is 35.4 Å². The molecule has 0 fully saturated rings. The van der Waals surface area contributed by atoms with Crippen LogP contribution in [0.1, 0.15) is 125 Å². The number of benzene rings is 1. The van der Waals surface area contributed by atoms with E-state index in [1.54, 1.807) is 24.3 Å². The molecule has 1 rings (SSSR count). The Morgan fingerprint density at radius 1 is 0.600 bits per heavy atom. The Hall–Kier alpha value is -1.84. The van der Waals surface area contributed by atoms with Gasteiger partial charge in [0.2, 0.25) is 0 Å². The summed E-state index contributed by atoms with van der Waals surface area (Å²) in [6.45, 7) is 9.17. The van der Waals surface area contributed by atoms with Crippen molar-refractivity contribution in [2.75, 3.05) is 13.2 Å². The van der Waals surface area contributed by atoms with Crippen LogP contribution in [0, 0.1) is 0 Å². The Kier molecular flexibility index (Phi) is 19.2. The van der Waals surface area contributed by atoms with Crippen LogP contribution in [-0.2, 0) is 9.47 Å². The van der Waals surface area contributed by atoms with Crippen LogP contribution in [0.5, 0.6) is 0 Å². The lowest BCUT2D eigenvalue weighted by Crippen LogP contribution is -2.15. The van der Waals surface area contributed by atoms with E-state index in [0.717, 1.165) is 25.7 Å². The average molecular weight is 421 g/mol. The predicted octanol–water partition coefficient (Wildman–Crippen LogP) is 7.75. The summed E-state index contributed by atoms with van der Waals surface area (Å²) in [5, 5.41) is 0. The molecular formula is C26H44O4. The zero-order valence-corrected chi connectivity index (χ0v) is 19.8. The Bertz CT molecular complexity index is 505. The molecule has 0 saturated carbocycles. The fraction of sp³-hybridized carbons (Fsp3) is 0.692. The van der Waals surface area contributed by atoms with Gasteiger partial charge in [-0.3, -0.25) is 0 Å². The van der Waals surface area contributed by atoms with Crippen LogP contribution in [0.3, 0.4) is 0 Å². The van der Waals surface area contributed by atoms with Gasteiger partial charge in [0.05, 0.1) is 24.3 Å². The van der Waals surface area contributed by atoms with Crippen molar-refractivity contribution in [1.82, 2.24) is 0 Å². The van der Waals surface area contributed by atoms with E-state index >= 15 is 0 Å². The molecule has 0 atom stereocenters. The fourth-order valence-corrected chi connectivity index (χ4v) is 3.09. The smallest absolute Gasteiger partial charge is 0.339 e. The van der Waals surface area contributed by atoms with Crippen molar-refractivity contribution in [1.29, 1.82) is 0 Å². The zero-order chi connectivity index (χ0) is 22.5. The highest BCUT2D eigenvalue weighted by Crippen LogP contribution is 2.14. The van der Waals surface area contributed by atoms with Gasteiger partial charge in [-0.25, -0.2) is 9.59 Å². The molecule has 0 aliphatic carbocycles. The molecule has 0 aliphatic heterocycles. The van der Waals surface area contributed by atoms with Gasteiger partial charge < -0.3 is 9.47 Å². The second-order valence-corrected chi connectivity index (χ2v) is 7.35. The van der Waals surface area contributed by atoms with Crippen molar-refractivity contribution >= 4 is 11.9 Å². The van der Waals surface area contributed by atoms with Crippen LogP contribution in [-0.4, -0.2) is 25.2 Å². The Morgan fingerprint density at radius 2 is 0.933 bits per heavy atom. The number of hydrogen-bond donors (Lipinski definition) is 0. The molecule has 1 aromatic rings. The SMILES string of the molecule is CC.CCCCCCCCOC(=O)c1ccccc1C(=O)OCCCCCCCC. The Labute approximate surface area is 184 Å². The van der Waals surface area contributed by atoms with Gasteiger partial charge in [0, 0.05) is 0 Å². The van der Waals surface area contributed by atoms with E-state index in [2.05, 4.69) is 13.8 Å². The van der Waals surface area contributed by atoms with Crippen molar-refractivity contribution < 1.29 is 19.1 Å². The second-order valence-electron chi connectivity index (χ2n) is 7.35. The number of carbonyl (C=O) groups is 2. The number of unbranched alkanes of at least 4 members (excludes halogenated alkanes) is 10. The number of esters is 2. The van der Waals surface area contributed by atoms with Crippen molar-refractivity contribution in [2.24, 2.45) is 0 Å². The van der Waals surface area contributed by atoms with E-state index < -0.39 is 11.9 Å². The van der Waals surface area contributed by atoms with E-state index in [4.69, 9.17) is 9.47 Å². The van der Waals surface area contributed by atoms with Gasteiger partial charge in [0.15, 0.2) is 0 Å². The van der Waals surface area contributed by atoms with Gasteiger partial charge in [-0.2, -0.15) is 0 Å². The van der Waals surface area contributed by atoms with Crippen LogP contribution in [0.15, 0.2) is 24.3 Å². The maximum Gasteiger partial charge on any atom is 0.339 e. The van der Waals surface area contributed by atoms with Gasteiger partial charge in [-0.1, -0.05) is 104 Å². The molecule has 4 nitrogen and oxygen atoms in total. The summed E-state index contributed by atoms with van der Waals surface area (Å²) in [6, 6.07) is 6.74. The normalized spacial score (nSPS) is 10.1. The zero-order valence-electron chi connectivity index (χ0n) is 19.8. The first kappa shape index (κ1) is 28.2. The van der Waals surface area contributed by atoms with Crippen LogP contribution in [0.4, 0.5) is 0 Å². The number of hydrogen-bond acceptors (Lipinski definition) is 4. The highest BCUT2D eigenvalue weighted by molar-refractivity contribution is 6.03. The summed E-state index contributed by atoms with van der Waals surface area (Å²) < 4.78 is 10.7. The Morgan fingerprint density at radius 3 is 1.30 bits per heavy atom. The molecule has 0 spiro atoms. The van der Waals surface area contributed by atoms with Gasteiger partial charge in [-0.15, -0.1) is 0 Å². The van der Waals surface area contributed by atoms with Gasteiger partial charge >= 0.3 is 11.9 Å². The summed E-state index contributed by atoms with van der Waals surface area (Å²) in [4.78, 5) is 24.7. The highest BCUT2D eigenvalue weighted by Gasteiger charge is 2.18. The summed E-state index contributed by atoms with van der Waals surface area (Å²) in [6.07, 6.45) is 13.6. The van der Waals surface area contributed by atoms with Crippen molar-refractivity contribution in [2.45, 2.75) is 105 Å². The maximum absolute atomic E-state index is 12.4. The first-order valence-corrected chi connectivity index (χ1v) is 12.1. The maximum atomic E-state index is 12.4. The number of ether oxygens (including phenoxy) is 2. The predicted molar refractivity (Wildman–Crippen MR) is 125 cm³/mol. The van der Waals surface area contributed by atoms with Crippen LogP contribution in [0.2, 0.25) is 0 Å². The van der Waals surface area contributed by atoms with Gasteiger partial charge in [0.25, 0.3) is 0 Å². The Balaban J connectivity index is 0.00000407. The van der Waals surface area contributed by atoms with E-state index in [1.165, 1.54) is 51.4 Å². The molecule has 0 heterocycles. The minimum absolute atomic E-state index is 0.293. The summed E-state index contributed by atoms with van der Waals surface area (Å²) in [5.41, 5.74) is 0.586. The van der Waals surface area contributed by atoms with Gasteiger partial charge in [-0.05, 0) is 25.0 Å². The lowest BCUT2D eigenvalue weighted by Gasteiger charge is -2.10. The van der Waals surface area contributed by atoms with Crippen LogP contribution < -0.4 is 0 Å². The lowest BCUT2D eigenvalue weighted by atomic mass is 10.1. The molecule has 30 heavy (non-hydrogen) atoms. The topological polar surface area (TPSA) is 52.6 Å². The lowest BCUT2D eigenvalue weighted by molar-refractivity contribution is 0.0450. The fourth-order valence-electron chi connectivity index (χ4n) is 3.09. The minimum Gasteiger partial charge on any atom is -0.462 e. The molecule has 0 N–H and O–H groups in total. The number of carbonyl (C=O) groups excluding carboxylic acids is 2. The molecule has 0 saturated heterocycles. The van der Waals surface area contributed by atoms with Crippen molar-refractivity contribution in [3.8, 4) is 0 Å². The molecule has 4 heteroatoms. The molecule has 0 bridgehead atoms. The highest BCUT2D eigenvalue weighted by atomic mass is 16.5. The third-order valence-electron chi connectivity index (χ3n) is 4.83. The van der Waals surface area contributed by atoms with E-state index in [9.17, 15) is 9.59 Å². The molecule has 0 radical (unpaired) electrons. The van der Waals surface area contributed by atoms with Crippen LogP contribution >= 0.6 is 0 Å². The molecule has 1 aromatic carbocycles. The van der Waals surface area contributed by atoms with Gasteiger partial charge in [0.1, 0.15) is 0 Å². The number of rotatable bonds is 16. The van der Waals surface area contributed by atoms with E-state index in [0.29, 0.717) is 24.3 Å². The van der Waals surface area contributed by atoms with Crippen LogP contribution in [0.25, 0.3) is 0 Å². The average Bonchev–Trinajstić information content (AvgIpc) is 2.79. The molecule has 0 amide bonds. The largest absolute Gasteiger partial charge is 0.462 e. The van der Waals surface area contributed by atoms with Crippen molar-refractivity contribution in [3.63, 3.8) is 0 Å².